The molecule has 5 amide bonds. The maximum Gasteiger partial charge on any atom is 0.322 e. The summed E-state index contributed by atoms with van der Waals surface area (Å²) in [4.78, 5) is 52.3. The van der Waals surface area contributed by atoms with Gasteiger partial charge >= 0.3 is 6.03 Å². The summed E-state index contributed by atoms with van der Waals surface area (Å²) in [5.74, 6) is -0.754. The van der Waals surface area contributed by atoms with Gasteiger partial charge in [-0.25, -0.2) is 4.79 Å². The number of imide groups is 1. The van der Waals surface area contributed by atoms with E-state index in [2.05, 4.69) is 16.0 Å². The summed E-state index contributed by atoms with van der Waals surface area (Å²) in [7, 11) is 1.52. The van der Waals surface area contributed by atoms with Crippen LogP contribution in [0.4, 0.5) is 4.79 Å². The summed E-state index contributed by atoms with van der Waals surface area (Å²) >= 11 is 0. The van der Waals surface area contributed by atoms with Gasteiger partial charge in [0.2, 0.25) is 5.91 Å². The second-order valence-corrected chi connectivity index (χ2v) is 8.29. The Morgan fingerprint density at radius 1 is 1.18 bits per heavy atom. The minimum absolute atomic E-state index is 0.129. The number of nitrogens with zero attached hydrogens (tertiary/aromatic N) is 1. The third-order valence-corrected chi connectivity index (χ3v) is 6.08. The fraction of sp³-hybridized carbons (Fsp3) is 0.333. The SMILES string of the molecule is CC[C@H](NC(=O)CC1(CN2Cc3ccc(OC)cc3C2=O)NC(=O)NC1=O)c1ccccc1. The maximum atomic E-state index is 13.0. The van der Waals surface area contributed by atoms with E-state index in [9.17, 15) is 19.2 Å². The van der Waals surface area contributed by atoms with Crippen LogP contribution < -0.4 is 20.7 Å². The van der Waals surface area contributed by atoms with Crippen LogP contribution in [0, 0.1) is 0 Å². The standard InChI is InChI=1S/C24H26N4O5/c1-3-19(15-7-5-4-6-8-15)25-20(29)12-24(22(31)26-23(32)27-24)14-28-13-16-9-10-17(33-2)11-18(16)21(28)30/h4-11,19H,3,12-14H2,1-2H3,(H,25,29)(H2,26,27,31,32)/t19-,24?/m0/s1. The van der Waals surface area contributed by atoms with Crippen molar-refractivity contribution in [2.24, 2.45) is 0 Å². The van der Waals surface area contributed by atoms with Crippen LogP contribution in [0.5, 0.6) is 5.75 Å². The average Bonchev–Trinajstić information content (AvgIpc) is 3.26. The molecule has 4 rings (SSSR count). The maximum absolute atomic E-state index is 13.0. The van der Waals surface area contributed by atoms with E-state index in [1.165, 1.54) is 12.0 Å². The number of methoxy groups -OCH3 is 1. The lowest BCUT2D eigenvalue weighted by atomic mass is 9.93. The number of hydrogen-bond donors (Lipinski definition) is 3. The van der Waals surface area contributed by atoms with Crippen molar-refractivity contribution in [2.75, 3.05) is 13.7 Å². The van der Waals surface area contributed by atoms with Crippen molar-refractivity contribution in [3.63, 3.8) is 0 Å². The van der Waals surface area contributed by atoms with E-state index in [1.54, 1.807) is 18.2 Å². The highest BCUT2D eigenvalue weighted by atomic mass is 16.5. The lowest BCUT2D eigenvalue weighted by Gasteiger charge is -2.31. The number of hydrogen-bond acceptors (Lipinski definition) is 5. The summed E-state index contributed by atoms with van der Waals surface area (Å²) in [6.07, 6.45) is 0.362. The van der Waals surface area contributed by atoms with E-state index in [-0.39, 0.29) is 31.5 Å². The highest BCUT2D eigenvalue weighted by Gasteiger charge is 2.50. The van der Waals surface area contributed by atoms with Crippen LogP contribution in [0.2, 0.25) is 0 Å². The first kappa shape index (κ1) is 22.3. The molecule has 3 N–H and O–H groups in total. The number of urea groups is 1. The molecule has 2 aromatic rings. The molecule has 2 atom stereocenters. The number of benzene rings is 2. The quantitative estimate of drug-likeness (QED) is 0.531. The zero-order valence-electron chi connectivity index (χ0n) is 18.5. The smallest absolute Gasteiger partial charge is 0.322 e. The molecule has 0 radical (unpaired) electrons. The van der Waals surface area contributed by atoms with Crippen molar-refractivity contribution in [1.82, 2.24) is 20.9 Å². The van der Waals surface area contributed by atoms with Crippen molar-refractivity contribution in [3.05, 3.63) is 65.2 Å². The Morgan fingerprint density at radius 2 is 1.94 bits per heavy atom. The molecule has 2 aliphatic rings. The van der Waals surface area contributed by atoms with Gasteiger partial charge < -0.3 is 20.3 Å². The van der Waals surface area contributed by atoms with Gasteiger partial charge in [-0.05, 0) is 29.7 Å². The minimum atomic E-state index is -1.56. The van der Waals surface area contributed by atoms with Gasteiger partial charge in [0.1, 0.15) is 11.3 Å². The number of fused-ring (bicyclic) bond motifs is 1. The largest absolute Gasteiger partial charge is 0.497 e. The molecule has 0 saturated carbocycles. The summed E-state index contributed by atoms with van der Waals surface area (Å²) in [6, 6.07) is 13.8. The lowest BCUT2D eigenvalue weighted by molar-refractivity contribution is -0.131. The monoisotopic (exact) mass is 450 g/mol. The molecule has 2 aliphatic heterocycles. The van der Waals surface area contributed by atoms with Crippen molar-refractivity contribution in [3.8, 4) is 5.75 Å². The molecular formula is C24H26N4O5. The Kier molecular flexibility index (Phi) is 6.04. The predicted molar refractivity (Wildman–Crippen MR) is 119 cm³/mol. The molecule has 0 aromatic heterocycles. The fourth-order valence-corrected chi connectivity index (χ4v) is 4.37. The molecule has 2 aromatic carbocycles. The Hall–Kier alpha value is -3.88. The van der Waals surface area contributed by atoms with Crippen LogP contribution in [0.15, 0.2) is 48.5 Å². The van der Waals surface area contributed by atoms with Gasteiger partial charge in [0.05, 0.1) is 26.1 Å². The summed E-state index contributed by atoms with van der Waals surface area (Å²) in [5, 5.41) is 7.76. The third kappa shape index (κ3) is 4.39. The molecule has 1 unspecified atom stereocenters. The van der Waals surface area contributed by atoms with Crippen molar-refractivity contribution >= 4 is 23.8 Å². The Morgan fingerprint density at radius 3 is 2.58 bits per heavy atom. The highest BCUT2D eigenvalue weighted by molar-refractivity contribution is 6.09. The van der Waals surface area contributed by atoms with Crippen molar-refractivity contribution < 1.29 is 23.9 Å². The number of amides is 5. The molecule has 2 heterocycles. The topological polar surface area (TPSA) is 117 Å². The molecule has 0 spiro atoms. The van der Waals surface area contributed by atoms with Gasteiger partial charge in [-0.1, -0.05) is 43.3 Å². The van der Waals surface area contributed by atoms with Gasteiger partial charge in [-0.15, -0.1) is 0 Å². The lowest BCUT2D eigenvalue weighted by Crippen LogP contribution is -2.57. The first-order valence-electron chi connectivity index (χ1n) is 10.8. The molecule has 0 aliphatic carbocycles. The van der Waals surface area contributed by atoms with Crippen LogP contribution in [-0.2, 0) is 16.1 Å². The Labute approximate surface area is 191 Å². The van der Waals surface area contributed by atoms with E-state index in [0.29, 0.717) is 17.7 Å². The molecule has 9 nitrogen and oxygen atoms in total. The zero-order valence-corrected chi connectivity index (χ0v) is 18.5. The third-order valence-electron chi connectivity index (χ3n) is 6.08. The van der Waals surface area contributed by atoms with Gasteiger partial charge in [0.15, 0.2) is 0 Å². The summed E-state index contributed by atoms with van der Waals surface area (Å²) < 4.78 is 5.20. The number of nitrogens with one attached hydrogen (secondary N) is 3. The molecular weight excluding hydrogens is 424 g/mol. The molecule has 1 fully saturated rings. The summed E-state index contributed by atoms with van der Waals surface area (Å²) in [6.45, 7) is 2.09. The Balaban J connectivity index is 1.53. The van der Waals surface area contributed by atoms with E-state index in [4.69, 9.17) is 4.74 Å². The van der Waals surface area contributed by atoms with E-state index in [0.717, 1.165) is 11.1 Å². The summed E-state index contributed by atoms with van der Waals surface area (Å²) in [5.41, 5.74) is 0.660. The van der Waals surface area contributed by atoms with Gasteiger partial charge in [-0.3, -0.25) is 19.7 Å². The van der Waals surface area contributed by atoms with Crippen LogP contribution >= 0.6 is 0 Å². The molecule has 172 valence electrons. The fourth-order valence-electron chi connectivity index (χ4n) is 4.37. The average molecular weight is 450 g/mol. The predicted octanol–water partition coefficient (Wildman–Crippen LogP) is 1.89. The van der Waals surface area contributed by atoms with Crippen LogP contribution in [0.1, 0.15) is 47.3 Å². The normalized spacial score (nSPS) is 20.2. The van der Waals surface area contributed by atoms with Crippen LogP contribution in [0.3, 0.4) is 0 Å². The number of carbonyl (C=O) groups excluding carboxylic acids is 4. The highest BCUT2D eigenvalue weighted by Crippen LogP contribution is 2.29. The number of ether oxygens (including phenoxy) is 1. The first-order chi connectivity index (χ1) is 15.8. The van der Waals surface area contributed by atoms with Crippen molar-refractivity contribution in [2.45, 2.75) is 37.9 Å². The van der Waals surface area contributed by atoms with E-state index in [1.807, 2.05) is 37.3 Å². The van der Waals surface area contributed by atoms with Crippen LogP contribution in [0.25, 0.3) is 0 Å². The van der Waals surface area contributed by atoms with E-state index >= 15 is 0 Å². The minimum Gasteiger partial charge on any atom is -0.497 e. The van der Waals surface area contributed by atoms with Crippen LogP contribution in [-0.4, -0.2) is 47.8 Å². The van der Waals surface area contributed by atoms with Crippen molar-refractivity contribution in [1.29, 1.82) is 0 Å². The molecule has 1 saturated heterocycles. The van der Waals surface area contributed by atoms with E-state index < -0.39 is 23.4 Å². The second kappa shape index (κ2) is 8.93. The second-order valence-electron chi connectivity index (χ2n) is 8.29. The number of rotatable bonds is 8. The zero-order chi connectivity index (χ0) is 23.6. The first-order valence-corrected chi connectivity index (χ1v) is 10.8. The van der Waals surface area contributed by atoms with Gasteiger partial charge in [-0.2, -0.15) is 0 Å². The van der Waals surface area contributed by atoms with Gasteiger partial charge in [0.25, 0.3) is 11.8 Å². The molecule has 9 heteroatoms. The molecule has 33 heavy (non-hydrogen) atoms. The number of carbonyl (C=O) groups is 4. The Bertz CT molecular complexity index is 1100. The van der Waals surface area contributed by atoms with Gasteiger partial charge in [0, 0.05) is 12.1 Å². The molecule has 0 bridgehead atoms.